The summed E-state index contributed by atoms with van der Waals surface area (Å²) in [5, 5.41) is 3.34. The number of benzene rings is 1. The maximum atomic E-state index is 5.86. The summed E-state index contributed by atoms with van der Waals surface area (Å²) in [4.78, 5) is 14.9. The number of para-hydroxylation sites is 2. The smallest absolute Gasteiger partial charge is 0.143 e. The van der Waals surface area contributed by atoms with E-state index in [1.165, 1.54) is 5.56 Å². The van der Waals surface area contributed by atoms with E-state index in [0.29, 0.717) is 0 Å². The number of aromatic nitrogens is 3. The Labute approximate surface area is 160 Å². The predicted octanol–water partition coefficient (Wildman–Crippen LogP) is 4.08. The molecule has 0 atom stereocenters. The first-order valence-corrected chi connectivity index (χ1v) is 9.06. The molecule has 0 amide bonds. The fourth-order valence-electron chi connectivity index (χ4n) is 2.65. The molecule has 0 bridgehead atoms. The third-order valence-corrected chi connectivity index (χ3v) is 4.04. The molecule has 0 saturated heterocycles. The molecule has 2 heterocycles. The minimum atomic E-state index is 0.105. The molecule has 0 fully saturated rings. The second-order valence-corrected chi connectivity index (χ2v) is 6.58. The molecule has 3 aromatic rings. The zero-order chi connectivity index (χ0) is 19.1. The van der Waals surface area contributed by atoms with Crippen LogP contribution in [-0.2, 0) is 6.42 Å². The number of rotatable bonds is 8. The number of nitrogens with one attached hydrogen (secondary N) is 1. The van der Waals surface area contributed by atoms with Crippen molar-refractivity contribution in [2.75, 3.05) is 23.8 Å². The minimum absolute atomic E-state index is 0.105. The molecule has 0 saturated carbocycles. The zero-order valence-corrected chi connectivity index (χ0v) is 16.0. The summed E-state index contributed by atoms with van der Waals surface area (Å²) in [5.74, 6) is 2.40. The van der Waals surface area contributed by atoms with Crippen molar-refractivity contribution in [3.63, 3.8) is 0 Å². The second-order valence-electron chi connectivity index (χ2n) is 6.58. The van der Waals surface area contributed by atoms with Crippen LogP contribution in [0.3, 0.4) is 0 Å². The van der Waals surface area contributed by atoms with Crippen LogP contribution in [0.5, 0.6) is 5.75 Å². The SMILES string of the molecule is CC(C)Oc1ccccc1Nc1cc(N(C)CCc2ccncc2)ncn1. The fourth-order valence-corrected chi connectivity index (χ4v) is 2.65. The van der Waals surface area contributed by atoms with Crippen molar-refractivity contribution in [1.29, 1.82) is 0 Å². The number of nitrogens with zero attached hydrogens (tertiary/aromatic N) is 4. The third kappa shape index (κ3) is 5.41. The van der Waals surface area contributed by atoms with Gasteiger partial charge in [-0.3, -0.25) is 4.98 Å². The second kappa shape index (κ2) is 8.98. The number of hydrogen-bond donors (Lipinski definition) is 1. The van der Waals surface area contributed by atoms with Crippen LogP contribution in [-0.4, -0.2) is 34.6 Å². The molecule has 1 aromatic carbocycles. The molecule has 0 aliphatic rings. The van der Waals surface area contributed by atoms with Crippen LogP contribution >= 0.6 is 0 Å². The van der Waals surface area contributed by atoms with Crippen LogP contribution < -0.4 is 15.0 Å². The molecule has 140 valence electrons. The van der Waals surface area contributed by atoms with Crippen LogP contribution in [0.25, 0.3) is 0 Å². The van der Waals surface area contributed by atoms with Gasteiger partial charge in [-0.15, -0.1) is 0 Å². The highest BCUT2D eigenvalue weighted by molar-refractivity contribution is 5.65. The first-order valence-electron chi connectivity index (χ1n) is 9.06. The summed E-state index contributed by atoms with van der Waals surface area (Å²) in [6.45, 7) is 4.88. The lowest BCUT2D eigenvalue weighted by Gasteiger charge is -2.19. The van der Waals surface area contributed by atoms with Gasteiger partial charge in [0.25, 0.3) is 0 Å². The van der Waals surface area contributed by atoms with Crippen molar-refractivity contribution < 1.29 is 4.74 Å². The normalized spacial score (nSPS) is 10.7. The molecule has 6 nitrogen and oxygen atoms in total. The number of pyridine rings is 1. The van der Waals surface area contributed by atoms with E-state index in [0.717, 1.165) is 36.0 Å². The lowest BCUT2D eigenvalue weighted by Crippen LogP contribution is -2.21. The van der Waals surface area contributed by atoms with Gasteiger partial charge in [0.05, 0.1) is 11.8 Å². The highest BCUT2D eigenvalue weighted by Gasteiger charge is 2.09. The first-order chi connectivity index (χ1) is 13.1. The van der Waals surface area contributed by atoms with Crippen LogP contribution in [0, 0.1) is 0 Å². The average molecular weight is 363 g/mol. The van der Waals surface area contributed by atoms with E-state index in [1.54, 1.807) is 6.33 Å². The van der Waals surface area contributed by atoms with Gasteiger partial charge in [-0.05, 0) is 50.1 Å². The Kier molecular flexibility index (Phi) is 6.20. The van der Waals surface area contributed by atoms with E-state index in [4.69, 9.17) is 4.74 Å². The van der Waals surface area contributed by atoms with Crippen molar-refractivity contribution in [2.24, 2.45) is 0 Å². The maximum absolute atomic E-state index is 5.86. The van der Waals surface area contributed by atoms with Crippen LogP contribution in [0.15, 0.2) is 61.2 Å². The van der Waals surface area contributed by atoms with Crippen molar-refractivity contribution in [2.45, 2.75) is 26.4 Å². The van der Waals surface area contributed by atoms with Gasteiger partial charge >= 0.3 is 0 Å². The van der Waals surface area contributed by atoms with Crippen LogP contribution in [0.1, 0.15) is 19.4 Å². The van der Waals surface area contributed by atoms with Crippen molar-refractivity contribution in [1.82, 2.24) is 15.0 Å². The summed E-state index contributed by atoms with van der Waals surface area (Å²) in [6, 6.07) is 13.9. The van der Waals surface area contributed by atoms with E-state index in [2.05, 4.69) is 25.2 Å². The Morgan fingerprint density at radius 1 is 1.07 bits per heavy atom. The van der Waals surface area contributed by atoms with Gasteiger partial charge in [0.2, 0.25) is 0 Å². The van der Waals surface area contributed by atoms with Gasteiger partial charge in [-0.2, -0.15) is 0 Å². The molecule has 1 N–H and O–H groups in total. The quantitative estimate of drug-likeness (QED) is 0.651. The molecule has 0 spiro atoms. The number of anilines is 3. The van der Waals surface area contributed by atoms with Crippen molar-refractivity contribution >= 4 is 17.3 Å². The molecule has 0 aliphatic carbocycles. The van der Waals surface area contributed by atoms with Gasteiger partial charge in [0.1, 0.15) is 23.7 Å². The summed E-state index contributed by atoms with van der Waals surface area (Å²) in [7, 11) is 2.03. The first kappa shape index (κ1) is 18.6. The number of hydrogen-bond acceptors (Lipinski definition) is 6. The number of ether oxygens (including phenoxy) is 1. The van der Waals surface area contributed by atoms with Gasteiger partial charge in [-0.25, -0.2) is 9.97 Å². The van der Waals surface area contributed by atoms with E-state index < -0.39 is 0 Å². The molecule has 0 radical (unpaired) electrons. The van der Waals surface area contributed by atoms with E-state index in [-0.39, 0.29) is 6.10 Å². The van der Waals surface area contributed by atoms with Gasteiger partial charge in [0, 0.05) is 32.1 Å². The summed E-state index contributed by atoms with van der Waals surface area (Å²) < 4.78 is 5.86. The molecule has 27 heavy (non-hydrogen) atoms. The highest BCUT2D eigenvalue weighted by Crippen LogP contribution is 2.28. The maximum Gasteiger partial charge on any atom is 0.143 e. The Morgan fingerprint density at radius 2 is 1.85 bits per heavy atom. The monoisotopic (exact) mass is 363 g/mol. The lowest BCUT2D eigenvalue weighted by molar-refractivity contribution is 0.244. The molecular formula is C21H25N5O. The zero-order valence-electron chi connectivity index (χ0n) is 16.0. The standard InChI is InChI=1S/C21H25N5O/c1-16(2)27-19-7-5-4-6-18(19)25-20-14-21(24-15-23-20)26(3)13-10-17-8-11-22-12-9-17/h4-9,11-12,14-16H,10,13H2,1-3H3,(H,23,24,25). The summed E-state index contributed by atoms with van der Waals surface area (Å²) in [6.07, 6.45) is 6.24. The van der Waals surface area contributed by atoms with Crippen molar-refractivity contribution in [3.8, 4) is 5.75 Å². The molecular weight excluding hydrogens is 338 g/mol. The largest absolute Gasteiger partial charge is 0.489 e. The van der Waals surface area contributed by atoms with Crippen molar-refractivity contribution in [3.05, 3.63) is 66.7 Å². The summed E-state index contributed by atoms with van der Waals surface area (Å²) >= 11 is 0. The van der Waals surface area contributed by atoms with E-state index in [9.17, 15) is 0 Å². The third-order valence-electron chi connectivity index (χ3n) is 4.04. The lowest BCUT2D eigenvalue weighted by atomic mass is 10.2. The van der Waals surface area contributed by atoms with Gasteiger partial charge in [0.15, 0.2) is 0 Å². The Bertz CT molecular complexity index is 854. The highest BCUT2D eigenvalue weighted by atomic mass is 16.5. The topological polar surface area (TPSA) is 63.2 Å². The molecule has 0 aliphatic heterocycles. The molecule has 2 aromatic heterocycles. The minimum Gasteiger partial charge on any atom is -0.489 e. The fraction of sp³-hybridized carbons (Fsp3) is 0.286. The predicted molar refractivity (Wildman–Crippen MR) is 109 cm³/mol. The van der Waals surface area contributed by atoms with Crippen LogP contribution in [0.4, 0.5) is 17.3 Å². The van der Waals surface area contributed by atoms with E-state index in [1.807, 2.05) is 75.8 Å². The number of likely N-dealkylation sites (N-methyl/N-ethyl adjacent to an activating group) is 1. The van der Waals surface area contributed by atoms with Gasteiger partial charge in [-0.1, -0.05) is 12.1 Å². The average Bonchev–Trinajstić information content (AvgIpc) is 2.68. The molecule has 0 unspecified atom stereocenters. The molecule has 6 heteroatoms. The Morgan fingerprint density at radius 3 is 2.63 bits per heavy atom. The summed E-state index contributed by atoms with van der Waals surface area (Å²) in [5.41, 5.74) is 2.14. The Hall–Kier alpha value is -3.15. The van der Waals surface area contributed by atoms with Gasteiger partial charge < -0.3 is 15.0 Å². The van der Waals surface area contributed by atoms with Crippen LogP contribution in [0.2, 0.25) is 0 Å². The Balaban J connectivity index is 1.68. The van der Waals surface area contributed by atoms with E-state index >= 15 is 0 Å². The molecule has 3 rings (SSSR count).